The van der Waals surface area contributed by atoms with Crippen LogP contribution >= 0.6 is 11.3 Å². The Balaban J connectivity index is 1.24. The lowest BCUT2D eigenvalue weighted by atomic mass is 9.74. The zero-order valence-corrected chi connectivity index (χ0v) is 25.2. The quantitative estimate of drug-likeness (QED) is 0.201. The van der Waals surface area contributed by atoms with Gasteiger partial charge in [-0.3, -0.25) is 9.97 Å². The standard InChI is InChI=1S/C40H23N5S/c1-4-14-31-27(11-1)30-21-24(37-43-38(25-9-7-19-41-22-25)45-39(44-37)26-10-8-20-42-23-26)17-18-33(30)40(31)32-15-5-2-12-28(32)35-29-13-3-6-16-34(29)46-36(35)40/h1-23H. The molecule has 2 aliphatic rings. The van der Waals surface area contributed by atoms with E-state index in [0.29, 0.717) is 17.5 Å². The third-order valence-electron chi connectivity index (χ3n) is 9.31. The number of fused-ring (bicyclic) bond motifs is 12. The molecule has 214 valence electrons. The molecule has 0 bridgehead atoms. The molecule has 6 heteroatoms. The van der Waals surface area contributed by atoms with Gasteiger partial charge in [-0.05, 0) is 69.8 Å². The molecular weight excluding hydrogens is 583 g/mol. The Labute approximate surface area is 269 Å². The van der Waals surface area contributed by atoms with Crippen molar-refractivity contribution in [2.24, 2.45) is 0 Å². The number of pyridine rings is 2. The van der Waals surface area contributed by atoms with Crippen LogP contribution in [0.1, 0.15) is 21.6 Å². The summed E-state index contributed by atoms with van der Waals surface area (Å²) >= 11 is 1.92. The first-order chi connectivity index (χ1) is 22.8. The lowest BCUT2D eigenvalue weighted by molar-refractivity contribution is 0.811. The maximum absolute atomic E-state index is 4.99. The molecule has 0 amide bonds. The lowest BCUT2D eigenvalue weighted by Gasteiger charge is -2.29. The second-order valence-electron chi connectivity index (χ2n) is 11.7. The Kier molecular flexibility index (Phi) is 5.30. The summed E-state index contributed by atoms with van der Waals surface area (Å²) in [6.45, 7) is 0. The summed E-state index contributed by atoms with van der Waals surface area (Å²) in [7, 11) is 0. The average molecular weight is 606 g/mol. The first-order valence-electron chi connectivity index (χ1n) is 15.2. The second kappa shape index (κ2) is 9.57. The topological polar surface area (TPSA) is 64.5 Å². The molecule has 0 saturated heterocycles. The van der Waals surface area contributed by atoms with E-state index >= 15 is 0 Å². The first kappa shape index (κ1) is 25.5. The minimum Gasteiger partial charge on any atom is -0.264 e. The van der Waals surface area contributed by atoms with Gasteiger partial charge in [0.05, 0.1) is 5.41 Å². The van der Waals surface area contributed by atoms with E-state index in [0.717, 1.165) is 16.7 Å². The van der Waals surface area contributed by atoms with Crippen LogP contribution in [0.5, 0.6) is 0 Å². The molecule has 10 rings (SSSR count). The smallest absolute Gasteiger partial charge is 0.165 e. The van der Waals surface area contributed by atoms with Crippen molar-refractivity contribution in [2.45, 2.75) is 5.41 Å². The molecule has 1 unspecified atom stereocenters. The summed E-state index contributed by atoms with van der Waals surface area (Å²) in [4.78, 5) is 24.8. The number of thiophene rings is 1. The highest BCUT2D eigenvalue weighted by atomic mass is 32.1. The van der Waals surface area contributed by atoms with Crippen molar-refractivity contribution in [3.63, 3.8) is 0 Å². The van der Waals surface area contributed by atoms with Gasteiger partial charge < -0.3 is 0 Å². The molecule has 4 heterocycles. The monoisotopic (exact) mass is 605 g/mol. The molecule has 4 aromatic heterocycles. The first-order valence-corrected chi connectivity index (χ1v) is 16.1. The van der Waals surface area contributed by atoms with Crippen LogP contribution in [0.25, 0.3) is 66.5 Å². The van der Waals surface area contributed by atoms with Crippen molar-refractivity contribution in [1.29, 1.82) is 0 Å². The van der Waals surface area contributed by atoms with E-state index in [1.807, 2.05) is 35.6 Å². The van der Waals surface area contributed by atoms with E-state index in [4.69, 9.17) is 15.0 Å². The Morgan fingerprint density at radius 1 is 0.478 bits per heavy atom. The predicted octanol–water partition coefficient (Wildman–Crippen LogP) is 9.22. The summed E-state index contributed by atoms with van der Waals surface area (Å²) < 4.78 is 1.32. The highest BCUT2D eigenvalue weighted by Gasteiger charge is 2.53. The van der Waals surface area contributed by atoms with E-state index in [-0.39, 0.29) is 5.41 Å². The van der Waals surface area contributed by atoms with Crippen LogP contribution in [0.3, 0.4) is 0 Å². The van der Waals surface area contributed by atoms with Gasteiger partial charge in [0.2, 0.25) is 0 Å². The fourth-order valence-electron chi connectivity index (χ4n) is 7.44. The highest BCUT2D eigenvalue weighted by molar-refractivity contribution is 7.20. The number of nitrogens with zero attached hydrogens (tertiary/aromatic N) is 5. The number of aromatic nitrogens is 5. The average Bonchev–Trinajstić information content (AvgIpc) is 3.76. The van der Waals surface area contributed by atoms with E-state index in [9.17, 15) is 0 Å². The summed E-state index contributed by atoms with van der Waals surface area (Å²) in [5.74, 6) is 1.77. The molecule has 8 aromatic rings. The largest absolute Gasteiger partial charge is 0.264 e. The fraction of sp³-hybridized carbons (Fsp3) is 0.0250. The summed E-state index contributed by atoms with van der Waals surface area (Å²) in [6, 6.07) is 41.2. The van der Waals surface area contributed by atoms with Crippen LogP contribution in [0, 0.1) is 0 Å². The van der Waals surface area contributed by atoms with Crippen LogP contribution in [-0.4, -0.2) is 24.9 Å². The zero-order valence-electron chi connectivity index (χ0n) is 24.4. The third-order valence-corrected chi connectivity index (χ3v) is 10.6. The van der Waals surface area contributed by atoms with E-state index < -0.39 is 0 Å². The molecule has 1 spiro atoms. The van der Waals surface area contributed by atoms with Crippen LogP contribution in [-0.2, 0) is 5.41 Å². The number of hydrogen-bond donors (Lipinski definition) is 0. The van der Waals surface area contributed by atoms with Crippen molar-refractivity contribution >= 4 is 21.4 Å². The Hall–Kier alpha value is -5.85. The number of benzene rings is 4. The summed E-state index contributed by atoms with van der Waals surface area (Å²) in [5, 5.41) is 1.32. The van der Waals surface area contributed by atoms with Crippen LogP contribution in [0.4, 0.5) is 0 Å². The molecule has 0 fully saturated rings. The van der Waals surface area contributed by atoms with Crippen molar-refractivity contribution in [2.75, 3.05) is 0 Å². The predicted molar refractivity (Wildman–Crippen MR) is 183 cm³/mol. The number of rotatable bonds is 3. The van der Waals surface area contributed by atoms with Crippen molar-refractivity contribution in [3.8, 4) is 56.4 Å². The normalized spacial score (nSPS) is 15.5. The van der Waals surface area contributed by atoms with E-state index in [2.05, 4.69) is 101 Å². The molecular formula is C40H23N5S. The lowest BCUT2D eigenvalue weighted by Crippen LogP contribution is -2.24. The molecule has 0 aliphatic heterocycles. The van der Waals surface area contributed by atoms with Gasteiger partial charge in [0, 0.05) is 62.0 Å². The van der Waals surface area contributed by atoms with Crippen LogP contribution in [0.2, 0.25) is 0 Å². The van der Waals surface area contributed by atoms with Crippen molar-refractivity contribution in [3.05, 3.63) is 162 Å². The Morgan fingerprint density at radius 2 is 1.07 bits per heavy atom. The summed E-state index contributed by atoms with van der Waals surface area (Å²) in [5.41, 5.74) is 11.3. The molecule has 0 radical (unpaired) electrons. The van der Waals surface area contributed by atoms with E-state index in [1.54, 1.807) is 24.8 Å². The molecule has 5 nitrogen and oxygen atoms in total. The molecule has 46 heavy (non-hydrogen) atoms. The third kappa shape index (κ3) is 3.42. The van der Waals surface area contributed by atoms with Crippen LogP contribution < -0.4 is 0 Å². The van der Waals surface area contributed by atoms with Gasteiger partial charge in [-0.2, -0.15) is 0 Å². The molecule has 0 saturated carbocycles. The highest BCUT2D eigenvalue weighted by Crippen LogP contribution is 2.66. The SMILES string of the molecule is c1cncc(-c2nc(-c3cccnc3)nc(-c3ccc4c(c3)-c3ccccc3C43c4ccccc4-c4c3sc3ccccc43)n2)c1. The van der Waals surface area contributed by atoms with Gasteiger partial charge in [0.15, 0.2) is 17.5 Å². The minimum absolute atomic E-state index is 0.388. The van der Waals surface area contributed by atoms with Gasteiger partial charge in [0.1, 0.15) is 0 Å². The van der Waals surface area contributed by atoms with E-state index in [1.165, 1.54) is 53.9 Å². The van der Waals surface area contributed by atoms with Gasteiger partial charge >= 0.3 is 0 Å². The van der Waals surface area contributed by atoms with Gasteiger partial charge in [-0.1, -0.05) is 78.9 Å². The molecule has 0 N–H and O–H groups in total. The maximum Gasteiger partial charge on any atom is 0.165 e. The number of hydrogen-bond acceptors (Lipinski definition) is 6. The second-order valence-corrected chi connectivity index (χ2v) is 12.7. The Bertz CT molecular complexity index is 2430. The fourth-order valence-corrected chi connectivity index (χ4v) is 8.89. The van der Waals surface area contributed by atoms with Crippen LogP contribution in [0.15, 0.2) is 140 Å². The molecule has 4 aromatic carbocycles. The van der Waals surface area contributed by atoms with Crippen molar-refractivity contribution < 1.29 is 0 Å². The van der Waals surface area contributed by atoms with Crippen molar-refractivity contribution in [1.82, 2.24) is 24.9 Å². The molecule has 1 atom stereocenters. The van der Waals surface area contributed by atoms with Gasteiger partial charge in [-0.15, -0.1) is 11.3 Å². The molecule has 2 aliphatic carbocycles. The maximum atomic E-state index is 4.99. The van der Waals surface area contributed by atoms with Gasteiger partial charge in [0.25, 0.3) is 0 Å². The minimum atomic E-state index is -0.388. The van der Waals surface area contributed by atoms with Gasteiger partial charge in [-0.25, -0.2) is 15.0 Å². The summed E-state index contributed by atoms with van der Waals surface area (Å²) in [6.07, 6.45) is 7.08. The Morgan fingerprint density at radius 3 is 1.76 bits per heavy atom. The zero-order chi connectivity index (χ0) is 30.2.